The summed E-state index contributed by atoms with van der Waals surface area (Å²) < 4.78 is 31.4. The first-order valence-electron chi connectivity index (χ1n) is 7.89. The number of nitrogens with two attached hydrogens (primary N) is 1. The highest BCUT2D eigenvalue weighted by Crippen LogP contribution is 2.29. The Morgan fingerprint density at radius 2 is 2.00 bits per heavy atom. The van der Waals surface area contributed by atoms with Crippen molar-refractivity contribution in [2.45, 2.75) is 18.2 Å². The number of hydrogen-bond acceptors (Lipinski definition) is 5. The molecule has 1 amide bonds. The minimum absolute atomic E-state index is 0. The minimum Gasteiger partial charge on any atom is -0.383 e. The van der Waals surface area contributed by atoms with E-state index in [1.54, 1.807) is 17.0 Å². The molecule has 1 unspecified atom stereocenters. The number of nitrogens with zero attached hydrogens (tertiary/aromatic N) is 1. The average Bonchev–Trinajstić information content (AvgIpc) is 2.97. The number of nitrogens with one attached hydrogen (secondary N) is 1. The maximum Gasteiger partial charge on any atom is 0.253 e. The Labute approximate surface area is 155 Å². The molecule has 2 rings (SSSR count). The molecule has 1 fully saturated rings. The Balaban J connectivity index is 0.00000312. The van der Waals surface area contributed by atoms with Crippen molar-refractivity contribution in [3.8, 4) is 0 Å². The van der Waals surface area contributed by atoms with Crippen LogP contribution < -0.4 is 10.5 Å². The van der Waals surface area contributed by atoms with E-state index in [1.165, 1.54) is 19.2 Å². The molecule has 7 nitrogen and oxygen atoms in total. The summed E-state index contributed by atoms with van der Waals surface area (Å²) in [4.78, 5) is 14.4. The molecule has 1 heterocycles. The smallest absolute Gasteiger partial charge is 0.253 e. The van der Waals surface area contributed by atoms with Crippen molar-refractivity contribution in [2.75, 3.05) is 39.9 Å². The van der Waals surface area contributed by atoms with Crippen molar-refractivity contribution in [3.05, 3.63) is 29.8 Å². The van der Waals surface area contributed by atoms with E-state index in [9.17, 15) is 13.2 Å². The van der Waals surface area contributed by atoms with Crippen molar-refractivity contribution in [1.29, 1.82) is 0 Å². The van der Waals surface area contributed by atoms with Gasteiger partial charge in [0.1, 0.15) is 0 Å². The molecule has 1 aromatic carbocycles. The van der Waals surface area contributed by atoms with Crippen LogP contribution in [0.2, 0.25) is 0 Å². The minimum atomic E-state index is -3.59. The topological polar surface area (TPSA) is 102 Å². The molecule has 0 radical (unpaired) electrons. The predicted molar refractivity (Wildman–Crippen MR) is 98.4 cm³/mol. The molecule has 0 aliphatic carbocycles. The van der Waals surface area contributed by atoms with Crippen molar-refractivity contribution in [3.63, 3.8) is 0 Å². The molecule has 0 aromatic heterocycles. The number of methoxy groups -OCH3 is 1. The molecule has 0 spiro atoms. The lowest BCUT2D eigenvalue weighted by atomic mass is 9.90. The zero-order valence-corrected chi connectivity index (χ0v) is 16.2. The van der Waals surface area contributed by atoms with E-state index in [1.807, 2.05) is 0 Å². The number of carbonyl (C=O) groups excluding carboxylic acids is 1. The summed E-state index contributed by atoms with van der Waals surface area (Å²) in [7, 11) is -2.09. The van der Waals surface area contributed by atoms with Gasteiger partial charge in [-0.05, 0) is 42.6 Å². The Hall–Kier alpha value is -1.19. The van der Waals surface area contributed by atoms with Gasteiger partial charge in [0.25, 0.3) is 5.91 Å². The fraction of sp³-hybridized carbons (Fsp3) is 0.562. The van der Waals surface area contributed by atoms with Crippen LogP contribution in [0.4, 0.5) is 0 Å². The molecule has 9 heteroatoms. The summed E-state index contributed by atoms with van der Waals surface area (Å²) >= 11 is 0. The number of amides is 1. The van der Waals surface area contributed by atoms with E-state index in [-0.39, 0.29) is 35.2 Å². The van der Waals surface area contributed by atoms with Gasteiger partial charge in [0, 0.05) is 32.3 Å². The number of carbonyl (C=O) groups is 1. The monoisotopic (exact) mass is 391 g/mol. The summed E-state index contributed by atoms with van der Waals surface area (Å²) in [5.74, 6) is -0.0940. The Bertz CT molecular complexity index is 681. The van der Waals surface area contributed by atoms with Crippen LogP contribution in [0, 0.1) is 5.41 Å². The molecule has 1 atom stereocenters. The maximum absolute atomic E-state index is 12.5. The summed E-state index contributed by atoms with van der Waals surface area (Å²) in [6.07, 6.45) is 0.880. The van der Waals surface area contributed by atoms with Crippen LogP contribution in [0.15, 0.2) is 29.2 Å². The van der Waals surface area contributed by atoms with Gasteiger partial charge in [-0.1, -0.05) is 6.92 Å². The van der Waals surface area contributed by atoms with E-state index in [0.717, 1.165) is 6.42 Å². The average molecular weight is 392 g/mol. The fourth-order valence-corrected chi connectivity index (χ4v) is 3.70. The zero-order valence-electron chi connectivity index (χ0n) is 14.5. The van der Waals surface area contributed by atoms with E-state index in [0.29, 0.717) is 31.8 Å². The fourth-order valence-electron chi connectivity index (χ4n) is 2.68. The summed E-state index contributed by atoms with van der Waals surface area (Å²) in [5, 5.41) is 0. The molecule has 3 N–H and O–H groups in total. The van der Waals surface area contributed by atoms with Crippen molar-refractivity contribution < 1.29 is 17.9 Å². The molecule has 1 saturated heterocycles. The number of rotatable bonds is 7. The molecule has 0 bridgehead atoms. The molecular formula is C16H26ClN3O4S. The maximum atomic E-state index is 12.5. The third kappa shape index (κ3) is 5.39. The third-order valence-corrected chi connectivity index (χ3v) is 5.82. The van der Waals surface area contributed by atoms with Crippen molar-refractivity contribution in [1.82, 2.24) is 9.62 Å². The second-order valence-electron chi connectivity index (χ2n) is 6.41. The highest BCUT2D eigenvalue weighted by molar-refractivity contribution is 7.89. The summed E-state index contributed by atoms with van der Waals surface area (Å²) in [6, 6.07) is 5.98. The molecule has 25 heavy (non-hydrogen) atoms. The predicted octanol–water partition coefficient (Wildman–Crippen LogP) is 0.844. The molecule has 1 aliphatic heterocycles. The van der Waals surface area contributed by atoms with E-state index in [2.05, 4.69) is 11.6 Å². The van der Waals surface area contributed by atoms with Gasteiger partial charge >= 0.3 is 0 Å². The van der Waals surface area contributed by atoms with Crippen LogP contribution >= 0.6 is 12.4 Å². The molecule has 1 aliphatic rings. The van der Waals surface area contributed by atoms with Gasteiger partial charge in [0.05, 0.1) is 11.5 Å². The van der Waals surface area contributed by atoms with Crippen LogP contribution in [0.25, 0.3) is 0 Å². The Kier molecular flexibility index (Phi) is 7.83. The number of ether oxygens (including phenoxy) is 1. The number of halogens is 1. The van der Waals surface area contributed by atoms with Crippen molar-refractivity contribution in [2.24, 2.45) is 11.1 Å². The van der Waals surface area contributed by atoms with Crippen LogP contribution in [0.3, 0.4) is 0 Å². The number of hydrogen-bond donors (Lipinski definition) is 2. The van der Waals surface area contributed by atoms with E-state index >= 15 is 0 Å². The first-order valence-corrected chi connectivity index (χ1v) is 9.38. The highest BCUT2D eigenvalue weighted by atomic mass is 35.5. The Morgan fingerprint density at radius 3 is 2.52 bits per heavy atom. The number of likely N-dealkylation sites (tertiary alicyclic amines) is 1. The zero-order chi connectivity index (χ0) is 17.8. The van der Waals surface area contributed by atoms with Gasteiger partial charge < -0.3 is 15.4 Å². The van der Waals surface area contributed by atoms with Crippen LogP contribution in [0.1, 0.15) is 23.7 Å². The Morgan fingerprint density at radius 1 is 1.36 bits per heavy atom. The first-order chi connectivity index (χ1) is 11.3. The van der Waals surface area contributed by atoms with Crippen LogP contribution in [-0.2, 0) is 14.8 Å². The normalized spacial score (nSPS) is 20.4. The van der Waals surface area contributed by atoms with E-state index < -0.39 is 10.0 Å². The van der Waals surface area contributed by atoms with Gasteiger partial charge in [-0.15, -0.1) is 12.4 Å². The first kappa shape index (κ1) is 21.9. The third-order valence-electron chi connectivity index (χ3n) is 4.35. The molecule has 0 saturated carbocycles. The van der Waals surface area contributed by atoms with Crippen LogP contribution in [0.5, 0.6) is 0 Å². The van der Waals surface area contributed by atoms with Crippen molar-refractivity contribution >= 4 is 28.3 Å². The van der Waals surface area contributed by atoms with E-state index in [4.69, 9.17) is 10.5 Å². The second-order valence-corrected chi connectivity index (χ2v) is 8.17. The summed E-state index contributed by atoms with van der Waals surface area (Å²) in [5.41, 5.74) is 6.21. The van der Waals surface area contributed by atoms with Gasteiger partial charge in [-0.25, -0.2) is 13.1 Å². The number of sulfonamides is 1. The second kappa shape index (κ2) is 8.95. The van der Waals surface area contributed by atoms with Gasteiger partial charge in [0.15, 0.2) is 0 Å². The molecular weight excluding hydrogens is 366 g/mol. The molecule has 142 valence electrons. The largest absolute Gasteiger partial charge is 0.383 e. The van der Waals surface area contributed by atoms with Gasteiger partial charge in [-0.2, -0.15) is 0 Å². The molecule has 1 aromatic rings. The van der Waals surface area contributed by atoms with Crippen LogP contribution in [-0.4, -0.2) is 59.1 Å². The highest BCUT2D eigenvalue weighted by Gasteiger charge is 2.35. The van der Waals surface area contributed by atoms with Gasteiger partial charge in [-0.3, -0.25) is 4.79 Å². The number of benzene rings is 1. The lowest BCUT2D eigenvalue weighted by molar-refractivity contribution is 0.0777. The SMILES string of the molecule is COCCNS(=O)(=O)c1ccc(C(=O)N2CCC(C)(CN)C2)cc1.Cl. The standard InChI is InChI=1S/C16H25N3O4S.ClH/c1-16(11-17)7-9-19(12-16)15(20)13-3-5-14(6-4-13)24(21,22)18-8-10-23-2;/h3-6,18H,7-12,17H2,1-2H3;1H. The quantitative estimate of drug-likeness (QED) is 0.671. The van der Waals surface area contributed by atoms with Gasteiger partial charge in [0.2, 0.25) is 10.0 Å². The summed E-state index contributed by atoms with van der Waals surface area (Å²) in [6.45, 7) is 4.41. The lowest BCUT2D eigenvalue weighted by Gasteiger charge is -2.22. The lowest BCUT2D eigenvalue weighted by Crippen LogP contribution is -2.34.